The Hall–Kier alpha value is -2.41. The van der Waals surface area contributed by atoms with Crippen molar-refractivity contribution in [3.8, 4) is 0 Å². The molecule has 3 N–H and O–H groups in total. The number of rotatable bonds is 40. The fourth-order valence-electron chi connectivity index (χ4n) is 7.36. The Balaban J connectivity index is 2.45. The summed E-state index contributed by atoms with van der Waals surface area (Å²) in [6.07, 6.45) is 39.1. The van der Waals surface area contributed by atoms with Crippen LogP contribution in [0.2, 0.25) is 0 Å². The quantitative estimate of drug-likeness (QED) is 0.0176. The third-order valence-corrected chi connectivity index (χ3v) is 12.3. The van der Waals surface area contributed by atoms with Crippen LogP contribution in [0.5, 0.6) is 0 Å². The Morgan fingerprint density at radius 2 is 1.27 bits per heavy atom. The van der Waals surface area contributed by atoms with Crippen LogP contribution in [-0.2, 0) is 32.7 Å². The van der Waals surface area contributed by atoms with Crippen LogP contribution in [0.25, 0.3) is 0 Å². The van der Waals surface area contributed by atoms with E-state index in [1.54, 1.807) is 6.08 Å². The molecule has 0 amide bonds. The lowest BCUT2D eigenvalue weighted by atomic mass is 9.89. The average molecular weight is 924 g/mol. The molecule has 0 bridgehead atoms. The Morgan fingerprint density at radius 1 is 0.703 bits per heavy atom. The van der Waals surface area contributed by atoms with Crippen molar-refractivity contribution >= 4 is 19.8 Å². The summed E-state index contributed by atoms with van der Waals surface area (Å²) < 4.78 is 33.9. The van der Waals surface area contributed by atoms with Crippen molar-refractivity contribution in [3.05, 3.63) is 60.8 Å². The monoisotopic (exact) mass is 924 g/mol. The van der Waals surface area contributed by atoms with Gasteiger partial charge in [-0.25, -0.2) is 0 Å². The van der Waals surface area contributed by atoms with Gasteiger partial charge in [-0.15, -0.1) is 0 Å². The number of aliphatic hydroxyl groups excluding tert-OH is 3. The molecular formula is C51H90NO11P. The van der Waals surface area contributed by atoms with Gasteiger partial charge in [-0.05, 0) is 76.5 Å². The van der Waals surface area contributed by atoms with Gasteiger partial charge in [0.1, 0.15) is 19.8 Å². The highest BCUT2D eigenvalue weighted by atomic mass is 31.2. The average Bonchev–Trinajstić information content (AvgIpc) is 3.51. The maximum atomic E-state index is 12.8. The molecule has 0 spiro atoms. The standard InChI is InChI=1S/C51H90NO11P/c1-6-8-10-11-12-13-14-15-16-17-18-19-20-21-22-23-24-25-26-32-36-51(57)63-45(43-62-64(58,59)61-40-39-52(3,4)5)42-60-50(56)35-31-28-27-30-34-46-47(49(55)41-48(46)54)38-37-44(53)33-29-9-7-2/h13-14,16-17,19-20,27,30,37-38,44-49,53-55H,6-12,15,18,21-26,28-29,31-36,39-43H2,1-5H3/b14-13-,17-16-,20-19-,30-27+,38-37+/t44-,45+,46+,47+,48-,49+/m0/s1. The second-order valence-electron chi connectivity index (χ2n) is 18.4. The normalized spacial score (nSPS) is 20.3. The number of likely N-dealkylation sites (N-methyl/N-ethyl adjacent to an activating group) is 1. The van der Waals surface area contributed by atoms with E-state index in [2.05, 4.69) is 50.3 Å². The van der Waals surface area contributed by atoms with Gasteiger partial charge < -0.3 is 43.2 Å². The van der Waals surface area contributed by atoms with Crippen LogP contribution >= 0.6 is 7.82 Å². The van der Waals surface area contributed by atoms with Crippen molar-refractivity contribution in [1.29, 1.82) is 0 Å². The summed E-state index contributed by atoms with van der Waals surface area (Å²) in [5.74, 6) is -1.46. The van der Waals surface area contributed by atoms with E-state index in [1.807, 2.05) is 39.4 Å². The number of carbonyl (C=O) groups excluding carboxylic acids is 2. The second kappa shape index (κ2) is 37.7. The van der Waals surface area contributed by atoms with Gasteiger partial charge in [0.05, 0.1) is 46.1 Å². The van der Waals surface area contributed by atoms with Crippen LogP contribution in [0, 0.1) is 11.8 Å². The number of nitrogens with zero attached hydrogens (tertiary/aromatic N) is 1. The third kappa shape index (κ3) is 34.0. The first kappa shape index (κ1) is 59.6. The lowest BCUT2D eigenvalue weighted by Crippen LogP contribution is -2.37. The van der Waals surface area contributed by atoms with Gasteiger partial charge in [0.2, 0.25) is 0 Å². The third-order valence-electron chi connectivity index (χ3n) is 11.3. The Bertz CT molecular complexity index is 1390. The summed E-state index contributed by atoms with van der Waals surface area (Å²) in [5.41, 5.74) is 0. The maximum absolute atomic E-state index is 12.8. The maximum Gasteiger partial charge on any atom is 0.306 e. The highest BCUT2D eigenvalue weighted by molar-refractivity contribution is 7.45. The molecule has 12 nitrogen and oxygen atoms in total. The zero-order valence-corrected chi connectivity index (χ0v) is 41.4. The first-order chi connectivity index (χ1) is 30.7. The van der Waals surface area contributed by atoms with Crippen LogP contribution in [0.3, 0.4) is 0 Å². The van der Waals surface area contributed by atoms with Gasteiger partial charge in [-0.2, -0.15) is 0 Å². The van der Waals surface area contributed by atoms with E-state index in [0.29, 0.717) is 43.1 Å². The molecule has 1 fully saturated rings. The van der Waals surface area contributed by atoms with Gasteiger partial charge in [0, 0.05) is 25.2 Å². The minimum Gasteiger partial charge on any atom is -0.756 e. The summed E-state index contributed by atoms with van der Waals surface area (Å²) in [6.45, 7) is 3.81. The highest BCUT2D eigenvalue weighted by Gasteiger charge is 2.39. The van der Waals surface area contributed by atoms with Crippen molar-refractivity contribution in [2.24, 2.45) is 11.8 Å². The van der Waals surface area contributed by atoms with Crippen molar-refractivity contribution in [1.82, 2.24) is 0 Å². The number of hydrogen-bond donors (Lipinski definition) is 3. The largest absolute Gasteiger partial charge is 0.756 e. The van der Waals surface area contributed by atoms with E-state index in [9.17, 15) is 34.4 Å². The SMILES string of the molecule is CCCCCC/C=C\C/C=C\C/C=C\CCCCCCCCC(=O)O[C@H](COC(=O)CCC/C=C/C[C@@H]1[C@@H](/C=C/[C@@H](O)CCCCC)[C@H](O)C[C@@H]1O)COP(=O)([O-])OCC[N+](C)(C)C. The number of aliphatic hydroxyl groups is 3. The van der Waals surface area contributed by atoms with Crippen molar-refractivity contribution in [2.75, 3.05) is 47.5 Å². The molecule has 0 aromatic rings. The lowest BCUT2D eigenvalue weighted by molar-refractivity contribution is -0.870. The highest BCUT2D eigenvalue weighted by Crippen LogP contribution is 2.38. The predicted molar refractivity (Wildman–Crippen MR) is 256 cm³/mol. The topological polar surface area (TPSA) is 172 Å². The van der Waals surface area contributed by atoms with Gasteiger partial charge in [0.15, 0.2) is 6.10 Å². The molecule has 0 aromatic carbocycles. The van der Waals surface area contributed by atoms with Crippen molar-refractivity contribution in [2.45, 2.75) is 192 Å². The second-order valence-corrected chi connectivity index (χ2v) is 19.8. The first-order valence-corrected chi connectivity index (χ1v) is 26.2. The van der Waals surface area contributed by atoms with Crippen molar-refractivity contribution in [3.63, 3.8) is 0 Å². The lowest BCUT2D eigenvalue weighted by Gasteiger charge is -2.28. The van der Waals surface area contributed by atoms with E-state index in [0.717, 1.165) is 70.6 Å². The van der Waals surface area contributed by atoms with E-state index >= 15 is 0 Å². The molecule has 0 radical (unpaired) electrons. The zero-order chi connectivity index (χ0) is 47.3. The fourth-order valence-corrected chi connectivity index (χ4v) is 8.09. The summed E-state index contributed by atoms with van der Waals surface area (Å²) in [5, 5.41) is 31.4. The molecule has 0 aromatic heterocycles. The number of quaternary nitrogens is 1. The molecule has 1 saturated carbocycles. The number of phosphoric acid groups is 1. The van der Waals surface area contributed by atoms with E-state index < -0.39 is 50.8 Å². The number of phosphoric ester groups is 1. The van der Waals surface area contributed by atoms with Gasteiger partial charge in [-0.3, -0.25) is 14.2 Å². The Morgan fingerprint density at radius 3 is 1.92 bits per heavy atom. The fraction of sp³-hybridized carbons (Fsp3) is 0.765. The summed E-state index contributed by atoms with van der Waals surface area (Å²) in [4.78, 5) is 37.9. The molecular weight excluding hydrogens is 834 g/mol. The van der Waals surface area contributed by atoms with E-state index in [-0.39, 0.29) is 44.3 Å². The molecule has 1 aliphatic carbocycles. The molecule has 13 heteroatoms. The molecule has 0 aliphatic heterocycles. The number of unbranched alkanes of at least 4 members (excludes halogenated alkanes) is 13. The molecule has 0 saturated heterocycles. The van der Waals surface area contributed by atoms with Crippen LogP contribution in [0.4, 0.5) is 0 Å². The molecule has 370 valence electrons. The molecule has 0 heterocycles. The summed E-state index contributed by atoms with van der Waals surface area (Å²) >= 11 is 0. The van der Waals surface area contributed by atoms with Crippen LogP contribution in [0.1, 0.15) is 168 Å². The zero-order valence-electron chi connectivity index (χ0n) is 40.5. The smallest absolute Gasteiger partial charge is 0.306 e. The number of ether oxygens (including phenoxy) is 2. The Labute approximate surface area is 388 Å². The number of carbonyl (C=O) groups is 2. The minimum atomic E-state index is -4.70. The summed E-state index contributed by atoms with van der Waals surface area (Å²) in [6, 6.07) is 0. The molecule has 7 atom stereocenters. The van der Waals surface area contributed by atoms with E-state index in [1.165, 1.54) is 32.1 Å². The molecule has 1 unspecified atom stereocenters. The van der Waals surface area contributed by atoms with E-state index in [4.69, 9.17) is 18.5 Å². The van der Waals surface area contributed by atoms with Crippen LogP contribution in [-0.4, -0.2) is 104 Å². The number of allylic oxidation sites excluding steroid dienone is 8. The number of hydrogen-bond acceptors (Lipinski definition) is 11. The van der Waals surface area contributed by atoms with Gasteiger partial charge in [-0.1, -0.05) is 139 Å². The molecule has 1 rings (SSSR count). The summed E-state index contributed by atoms with van der Waals surface area (Å²) in [7, 11) is 1.02. The number of esters is 2. The van der Waals surface area contributed by atoms with Crippen LogP contribution < -0.4 is 4.89 Å². The van der Waals surface area contributed by atoms with Crippen molar-refractivity contribution < 1.29 is 57.4 Å². The molecule has 1 aliphatic rings. The molecule has 64 heavy (non-hydrogen) atoms. The Kier molecular flexibility index (Phi) is 35.1. The first-order valence-electron chi connectivity index (χ1n) is 24.8. The van der Waals surface area contributed by atoms with Gasteiger partial charge in [0.25, 0.3) is 7.82 Å². The predicted octanol–water partition coefficient (Wildman–Crippen LogP) is 10.2. The minimum absolute atomic E-state index is 0.0752. The van der Waals surface area contributed by atoms with Crippen LogP contribution in [0.15, 0.2) is 60.8 Å². The van der Waals surface area contributed by atoms with Gasteiger partial charge >= 0.3 is 11.9 Å².